The Morgan fingerprint density at radius 2 is 1.92 bits per heavy atom. The SMILES string of the molecule is C[C@@H](C(=O)NC[C@@H]1CCCO1)C1CCN(C(=O)Nc2ccccc2)CC1. The Balaban J connectivity index is 1.40. The molecule has 1 aromatic carbocycles. The molecular weight excluding hydrogens is 330 g/mol. The van der Waals surface area contributed by atoms with E-state index in [1.807, 2.05) is 42.2 Å². The van der Waals surface area contributed by atoms with Crippen LogP contribution in [-0.2, 0) is 9.53 Å². The van der Waals surface area contributed by atoms with Crippen molar-refractivity contribution in [3.8, 4) is 0 Å². The number of hydrogen-bond donors (Lipinski definition) is 2. The largest absolute Gasteiger partial charge is 0.376 e. The number of carbonyl (C=O) groups excluding carboxylic acids is 2. The van der Waals surface area contributed by atoms with Crippen LogP contribution in [0.4, 0.5) is 10.5 Å². The summed E-state index contributed by atoms with van der Waals surface area (Å²) in [4.78, 5) is 26.6. The summed E-state index contributed by atoms with van der Waals surface area (Å²) in [5, 5.41) is 5.96. The molecule has 2 aliphatic rings. The van der Waals surface area contributed by atoms with E-state index in [1.54, 1.807) is 0 Å². The molecule has 2 saturated heterocycles. The van der Waals surface area contributed by atoms with Gasteiger partial charge in [0.15, 0.2) is 0 Å². The van der Waals surface area contributed by atoms with Gasteiger partial charge in [-0.3, -0.25) is 4.79 Å². The number of likely N-dealkylation sites (tertiary alicyclic amines) is 1. The van der Waals surface area contributed by atoms with Crippen molar-refractivity contribution in [2.24, 2.45) is 11.8 Å². The average Bonchev–Trinajstić information content (AvgIpc) is 3.20. The molecule has 0 unspecified atom stereocenters. The van der Waals surface area contributed by atoms with E-state index in [2.05, 4.69) is 10.6 Å². The minimum Gasteiger partial charge on any atom is -0.376 e. The average molecular weight is 359 g/mol. The minimum absolute atomic E-state index is 0.0317. The van der Waals surface area contributed by atoms with Crippen molar-refractivity contribution < 1.29 is 14.3 Å². The van der Waals surface area contributed by atoms with Crippen LogP contribution in [0, 0.1) is 11.8 Å². The van der Waals surface area contributed by atoms with E-state index in [-0.39, 0.29) is 24.0 Å². The molecule has 2 atom stereocenters. The second-order valence-electron chi connectivity index (χ2n) is 7.29. The Morgan fingerprint density at radius 1 is 1.19 bits per heavy atom. The zero-order valence-corrected chi connectivity index (χ0v) is 15.4. The summed E-state index contributed by atoms with van der Waals surface area (Å²) < 4.78 is 5.55. The van der Waals surface area contributed by atoms with E-state index in [4.69, 9.17) is 4.74 Å². The van der Waals surface area contributed by atoms with Gasteiger partial charge in [0.05, 0.1) is 6.10 Å². The van der Waals surface area contributed by atoms with Gasteiger partial charge in [-0.25, -0.2) is 4.79 Å². The molecule has 26 heavy (non-hydrogen) atoms. The summed E-state index contributed by atoms with van der Waals surface area (Å²) in [5.41, 5.74) is 0.807. The van der Waals surface area contributed by atoms with Gasteiger partial charge in [-0.1, -0.05) is 25.1 Å². The maximum absolute atomic E-state index is 12.4. The van der Waals surface area contributed by atoms with Crippen LogP contribution in [0.25, 0.3) is 0 Å². The lowest BCUT2D eigenvalue weighted by molar-refractivity contribution is -0.127. The molecule has 2 heterocycles. The lowest BCUT2D eigenvalue weighted by Gasteiger charge is -2.34. The van der Waals surface area contributed by atoms with Gasteiger partial charge in [-0.05, 0) is 43.7 Å². The molecule has 0 spiro atoms. The second kappa shape index (κ2) is 9.03. The molecule has 1 aromatic rings. The van der Waals surface area contributed by atoms with E-state index in [0.717, 1.165) is 38.0 Å². The number of benzene rings is 1. The summed E-state index contributed by atoms with van der Waals surface area (Å²) in [6.07, 6.45) is 4.01. The molecule has 2 aliphatic heterocycles. The third-order valence-corrected chi connectivity index (χ3v) is 5.50. The summed E-state index contributed by atoms with van der Waals surface area (Å²) in [6, 6.07) is 9.42. The number of amides is 3. The Kier molecular flexibility index (Phi) is 6.50. The van der Waals surface area contributed by atoms with Crippen molar-refractivity contribution in [3.05, 3.63) is 30.3 Å². The predicted octanol–water partition coefficient (Wildman–Crippen LogP) is 2.86. The summed E-state index contributed by atoms with van der Waals surface area (Å²) >= 11 is 0. The lowest BCUT2D eigenvalue weighted by Crippen LogP contribution is -2.45. The summed E-state index contributed by atoms with van der Waals surface area (Å²) in [7, 11) is 0. The van der Waals surface area contributed by atoms with E-state index in [1.165, 1.54) is 0 Å². The topological polar surface area (TPSA) is 70.7 Å². The third-order valence-electron chi connectivity index (χ3n) is 5.50. The molecule has 3 rings (SSSR count). The van der Waals surface area contributed by atoms with Crippen LogP contribution in [0.1, 0.15) is 32.6 Å². The number of urea groups is 1. The molecule has 6 nitrogen and oxygen atoms in total. The number of para-hydroxylation sites is 1. The second-order valence-corrected chi connectivity index (χ2v) is 7.29. The fourth-order valence-corrected chi connectivity index (χ4v) is 3.72. The Hall–Kier alpha value is -2.08. The quantitative estimate of drug-likeness (QED) is 0.849. The number of hydrogen-bond acceptors (Lipinski definition) is 3. The number of ether oxygens (including phenoxy) is 1. The zero-order valence-electron chi connectivity index (χ0n) is 15.4. The molecule has 3 amide bonds. The van der Waals surface area contributed by atoms with Crippen molar-refractivity contribution in [1.29, 1.82) is 0 Å². The third kappa shape index (κ3) is 4.97. The van der Waals surface area contributed by atoms with Gasteiger partial charge >= 0.3 is 6.03 Å². The number of nitrogens with one attached hydrogen (secondary N) is 2. The molecule has 0 aromatic heterocycles. The molecule has 2 N–H and O–H groups in total. The first kappa shape index (κ1) is 18.7. The van der Waals surface area contributed by atoms with Crippen LogP contribution in [0.3, 0.4) is 0 Å². The Labute approximate surface area is 155 Å². The van der Waals surface area contributed by atoms with Gasteiger partial charge < -0.3 is 20.3 Å². The normalized spacial score (nSPS) is 22.0. The summed E-state index contributed by atoms with van der Waals surface area (Å²) in [6.45, 7) is 4.79. The highest BCUT2D eigenvalue weighted by Crippen LogP contribution is 2.25. The van der Waals surface area contributed by atoms with E-state index >= 15 is 0 Å². The lowest BCUT2D eigenvalue weighted by atomic mass is 9.85. The van der Waals surface area contributed by atoms with Crippen LogP contribution >= 0.6 is 0 Å². The highest BCUT2D eigenvalue weighted by Gasteiger charge is 2.30. The van der Waals surface area contributed by atoms with Gasteiger partial charge in [-0.15, -0.1) is 0 Å². The Morgan fingerprint density at radius 3 is 2.58 bits per heavy atom. The van der Waals surface area contributed by atoms with Gasteiger partial charge in [0.2, 0.25) is 5.91 Å². The van der Waals surface area contributed by atoms with Crippen molar-refractivity contribution in [3.63, 3.8) is 0 Å². The highest BCUT2D eigenvalue weighted by molar-refractivity contribution is 5.89. The van der Waals surface area contributed by atoms with Crippen LogP contribution < -0.4 is 10.6 Å². The molecular formula is C20H29N3O3. The Bertz CT molecular complexity index is 594. The molecule has 2 fully saturated rings. The van der Waals surface area contributed by atoms with Crippen LogP contribution in [0.5, 0.6) is 0 Å². The molecule has 0 saturated carbocycles. The smallest absolute Gasteiger partial charge is 0.321 e. The monoisotopic (exact) mass is 359 g/mol. The van der Waals surface area contributed by atoms with Crippen molar-refractivity contribution in [2.45, 2.75) is 38.7 Å². The number of piperidine rings is 1. The van der Waals surface area contributed by atoms with Gasteiger partial charge in [0.25, 0.3) is 0 Å². The van der Waals surface area contributed by atoms with Crippen LogP contribution in [-0.4, -0.2) is 49.2 Å². The van der Waals surface area contributed by atoms with Crippen LogP contribution in [0.15, 0.2) is 30.3 Å². The van der Waals surface area contributed by atoms with Crippen molar-refractivity contribution >= 4 is 17.6 Å². The first-order valence-electron chi connectivity index (χ1n) is 9.64. The minimum atomic E-state index is -0.0647. The molecule has 0 aliphatic carbocycles. The van der Waals surface area contributed by atoms with E-state index in [0.29, 0.717) is 25.6 Å². The fourth-order valence-electron chi connectivity index (χ4n) is 3.72. The maximum atomic E-state index is 12.4. The fraction of sp³-hybridized carbons (Fsp3) is 0.600. The van der Waals surface area contributed by atoms with E-state index in [9.17, 15) is 9.59 Å². The van der Waals surface area contributed by atoms with Crippen LogP contribution in [0.2, 0.25) is 0 Å². The van der Waals surface area contributed by atoms with Gasteiger partial charge in [-0.2, -0.15) is 0 Å². The first-order valence-corrected chi connectivity index (χ1v) is 9.64. The maximum Gasteiger partial charge on any atom is 0.321 e. The molecule has 142 valence electrons. The number of anilines is 1. The van der Waals surface area contributed by atoms with Gasteiger partial charge in [0, 0.05) is 37.8 Å². The number of rotatable bonds is 5. The molecule has 0 bridgehead atoms. The van der Waals surface area contributed by atoms with Crippen molar-refractivity contribution in [2.75, 3.05) is 31.6 Å². The predicted molar refractivity (Wildman–Crippen MR) is 101 cm³/mol. The number of carbonyl (C=O) groups is 2. The standard InChI is InChI=1S/C20H29N3O3/c1-15(19(24)21-14-18-8-5-13-26-18)16-9-11-23(12-10-16)20(25)22-17-6-3-2-4-7-17/h2-4,6-7,15-16,18H,5,8-14H2,1H3,(H,21,24)(H,22,25)/t15-,18+/m1/s1. The molecule has 0 radical (unpaired) electrons. The van der Waals surface area contributed by atoms with E-state index < -0.39 is 0 Å². The molecule has 6 heteroatoms. The summed E-state index contributed by atoms with van der Waals surface area (Å²) in [5.74, 6) is 0.392. The van der Waals surface area contributed by atoms with Gasteiger partial charge in [0.1, 0.15) is 0 Å². The first-order chi connectivity index (χ1) is 12.6. The zero-order chi connectivity index (χ0) is 18.4. The van der Waals surface area contributed by atoms with Crippen molar-refractivity contribution in [1.82, 2.24) is 10.2 Å². The highest BCUT2D eigenvalue weighted by atomic mass is 16.5. The number of nitrogens with zero attached hydrogens (tertiary/aromatic N) is 1.